The zero-order chi connectivity index (χ0) is 14.8. The van der Waals surface area contributed by atoms with Crippen molar-refractivity contribution in [2.75, 3.05) is 6.54 Å². The Hall–Kier alpha value is -1.22. The van der Waals surface area contributed by atoms with Gasteiger partial charge in [-0.1, -0.05) is 11.6 Å². The molecular formula is C10H11ClFNO5S. The molecule has 0 aliphatic rings. The average molecular weight is 312 g/mol. The third-order valence-corrected chi connectivity index (χ3v) is 3.90. The molecule has 1 aromatic carbocycles. The van der Waals surface area contributed by atoms with E-state index in [2.05, 4.69) is 0 Å². The van der Waals surface area contributed by atoms with Gasteiger partial charge in [0, 0.05) is 5.02 Å². The van der Waals surface area contributed by atoms with Gasteiger partial charge in [0.1, 0.15) is 10.7 Å². The van der Waals surface area contributed by atoms with Crippen LogP contribution in [0.25, 0.3) is 0 Å². The van der Waals surface area contributed by atoms with Crippen LogP contribution in [-0.4, -0.2) is 36.7 Å². The molecule has 0 radical (unpaired) electrons. The van der Waals surface area contributed by atoms with Gasteiger partial charge >= 0.3 is 5.97 Å². The minimum absolute atomic E-state index is 0.00627. The molecule has 0 saturated carbocycles. The highest BCUT2D eigenvalue weighted by atomic mass is 35.5. The second-order valence-electron chi connectivity index (χ2n) is 3.98. The number of rotatable bonds is 5. The Labute approximate surface area is 113 Å². The lowest BCUT2D eigenvalue weighted by atomic mass is 10.1. The monoisotopic (exact) mass is 311 g/mol. The first-order chi connectivity index (χ1) is 8.56. The van der Waals surface area contributed by atoms with Crippen molar-refractivity contribution in [1.29, 1.82) is 0 Å². The van der Waals surface area contributed by atoms with E-state index in [0.717, 1.165) is 19.1 Å². The molecule has 1 unspecified atom stereocenters. The fourth-order valence-electron chi connectivity index (χ4n) is 1.07. The van der Waals surface area contributed by atoms with Crippen molar-refractivity contribution >= 4 is 27.6 Å². The van der Waals surface area contributed by atoms with Crippen LogP contribution in [0.5, 0.6) is 0 Å². The summed E-state index contributed by atoms with van der Waals surface area (Å²) in [6.07, 6.45) is 0. The van der Waals surface area contributed by atoms with Gasteiger partial charge in [-0.3, -0.25) is 0 Å². The van der Waals surface area contributed by atoms with Crippen LogP contribution in [-0.2, 0) is 14.8 Å². The molecule has 19 heavy (non-hydrogen) atoms. The first kappa shape index (κ1) is 15.8. The van der Waals surface area contributed by atoms with Crippen LogP contribution in [0.2, 0.25) is 5.02 Å². The molecule has 0 aliphatic carbocycles. The van der Waals surface area contributed by atoms with Gasteiger partial charge in [-0.25, -0.2) is 22.3 Å². The van der Waals surface area contributed by atoms with Crippen LogP contribution >= 0.6 is 11.6 Å². The number of benzene rings is 1. The van der Waals surface area contributed by atoms with Crippen molar-refractivity contribution in [1.82, 2.24) is 4.72 Å². The normalized spacial score (nSPS) is 14.9. The number of carboxylic acid groups (broad SMARTS) is 1. The maximum Gasteiger partial charge on any atom is 0.336 e. The molecule has 3 N–H and O–H groups in total. The molecule has 0 saturated heterocycles. The van der Waals surface area contributed by atoms with E-state index in [4.69, 9.17) is 16.7 Å². The van der Waals surface area contributed by atoms with Crippen LogP contribution in [0.1, 0.15) is 6.92 Å². The van der Waals surface area contributed by atoms with E-state index < -0.39 is 38.9 Å². The number of halogens is 2. The molecule has 0 bridgehead atoms. The molecule has 9 heteroatoms. The quantitative estimate of drug-likeness (QED) is 0.738. The Morgan fingerprint density at radius 1 is 1.53 bits per heavy atom. The molecule has 1 aromatic rings. The Bertz CT molecular complexity index is 602. The zero-order valence-corrected chi connectivity index (χ0v) is 11.3. The Kier molecular flexibility index (Phi) is 4.51. The minimum atomic E-state index is -4.31. The van der Waals surface area contributed by atoms with Crippen LogP contribution in [0.3, 0.4) is 0 Å². The molecule has 1 atom stereocenters. The van der Waals surface area contributed by atoms with Crippen LogP contribution in [0.4, 0.5) is 4.39 Å². The van der Waals surface area contributed by atoms with Crippen LogP contribution < -0.4 is 4.72 Å². The fraction of sp³-hybridized carbons (Fsp3) is 0.300. The number of sulfonamides is 1. The molecule has 106 valence electrons. The van der Waals surface area contributed by atoms with E-state index in [1.165, 1.54) is 6.07 Å². The van der Waals surface area contributed by atoms with Crippen molar-refractivity contribution in [3.63, 3.8) is 0 Å². The fourth-order valence-corrected chi connectivity index (χ4v) is 2.54. The summed E-state index contributed by atoms with van der Waals surface area (Å²) in [4.78, 5) is 9.89. The second kappa shape index (κ2) is 5.41. The first-order valence-electron chi connectivity index (χ1n) is 4.97. The SMILES string of the molecule is CC(O)(CNS(=O)(=O)c1cc(Cl)ccc1F)C(=O)O. The minimum Gasteiger partial charge on any atom is -0.479 e. The van der Waals surface area contributed by atoms with E-state index in [1.807, 2.05) is 4.72 Å². The molecule has 0 spiro atoms. The smallest absolute Gasteiger partial charge is 0.336 e. The van der Waals surface area contributed by atoms with Crippen molar-refractivity contribution < 1.29 is 27.8 Å². The number of hydrogen-bond donors (Lipinski definition) is 3. The number of aliphatic carboxylic acids is 1. The third kappa shape index (κ3) is 3.87. The van der Waals surface area contributed by atoms with Crippen LogP contribution in [0.15, 0.2) is 23.1 Å². The standard InChI is InChI=1S/C10H11ClFNO5S/c1-10(16,9(14)15)5-13-19(17,18)8-4-6(11)2-3-7(8)12/h2-4,13,16H,5H2,1H3,(H,14,15). The van der Waals surface area contributed by atoms with Crippen molar-refractivity contribution in [2.45, 2.75) is 17.4 Å². The first-order valence-corrected chi connectivity index (χ1v) is 6.83. The molecule has 0 aliphatic heterocycles. The predicted molar refractivity (Wildman–Crippen MR) is 64.9 cm³/mol. The summed E-state index contributed by atoms with van der Waals surface area (Å²) < 4.78 is 38.7. The Morgan fingerprint density at radius 3 is 2.63 bits per heavy atom. The summed E-state index contributed by atoms with van der Waals surface area (Å²) in [6, 6.07) is 2.92. The Morgan fingerprint density at radius 2 is 2.11 bits per heavy atom. The van der Waals surface area contributed by atoms with Gasteiger partial charge in [-0.2, -0.15) is 0 Å². The lowest BCUT2D eigenvalue weighted by Crippen LogP contribution is -2.46. The van der Waals surface area contributed by atoms with Gasteiger partial charge in [0.15, 0.2) is 5.60 Å². The highest BCUT2D eigenvalue weighted by Gasteiger charge is 2.32. The summed E-state index contributed by atoms with van der Waals surface area (Å²) in [5.41, 5.74) is -2.30. The van der Waals surface area contributed by atoms with Crippen molar-refractivity contribution in [2.24, 2.45) is 0 Å². The Balaban J connectivity index is 3.00. The van der Waals surface area contributed by atoms with Gasteiger partial charge < -0.3 is 10.2 Å². The number of carbonyl (C=O) groups is 1. The van der Waals surface area contributed by atoms with E-state index in [1.54, 1.807) is 0 Å². The number of nitrogens with one attached hydrogen (secondary N) is 1. The van der Waals surface area contributed by atoms with E-state index in [-0.39, 0.29) is 5.02 Å². The summed E-state index contributed by atoms with van der Waals surface area (Å²) in [5, 5.41) is 18.0. The van der Waals surface area contributed by atoms with Crippen LogP contribution in [0, 0.1) is 5.82 Å². The molecule has 0 fully saturated rings. The summed E-state index contributed by atoms with van der Waals surface area (Å²) in [7, 11) is -4.31. The van der Waals surface area contributed by atoms with Gasteiger partial charge in [0.2, 0.25) is 10.0 Å². The number of carboxylic acids is 1. The zero-order valence-electron chi connectivity index (χ0n) is 9.72. The maximum atomic E-state index is 13.4. The molecule has 1 rings (SSSR count). The molecule has 0 aromatic heterocycles. The van der Waals surface area contributed by atoms with Gasteiger partial charge in [0.05, 0.1) is 6.54 Å². The van der Waals surface area contributed by atoms with Crippen molar-refractivity contribution in [3.8, 4) is 0 Å². The summed E-state index contributed by atoms with van der Waals surface area (Å²) in [6.45, 7) is 0.100. The van der Waals surface area contributed by atoms with E-state index >= 15 is 0 Å². The third-order valence-electron chi connectivity index (χ3n) is 2.25. The largest absolute Gasteiger partial charge is 0.479 e. The van der Waals surface area contributed by atoms with Crippen molar-refractivity contribution in [3.05, 3.63) is 29.0 Å². The summed E-state index contributed by atoms with van der Waals surface area (Å²) >= 11 is 5.56. The lowest BCUT2D eigenvalue weighted by molar-refractivity contribution is -0.155. The second-order valence-corrected chi connectivity index (χ2v) is 6.15. The molecule has 6 nitrogen and oxygen atoms in total. The average Bonchev–Trinajstić information content (AvgIpc) is 2.30. The highest BCUT2D eigenvalue weighted by Crippen LogP contribution is 2.19. The molecular weight excluding hydrogens is 301 g/mol. The van der Waals surface area contributed by atoms with Gasteiger partial charge in [-0.05, 0) is 25.1 Å². The highest BCUT2D eigenvalue weighted by molar-refractivity contribution is 7.89. The predicted octanol–water partition coefficient (Wildman–Crippen LogP) is 0.593. The van der Waals surface area contributed by atoms with Gasteiger partial charge in [-0.15, -0.1) is 0 Å². The topological polar surface area (TPSA) is 104 Å². The maximum absolute atomic E-state index is 13.4. The van der Waals surface area contributed by atoms with E-state index in [0.29, 0.717) is 0 Å². The molecule has 0 amide bonds. The number of aliphatic hydroxyl groups is 1. The molecule has 0 heterocycles. The summed E-state index contributed by atoms with van der Waals surface area (Å²) in [5.74, 6) is -2.64. The van der Waals surface area contributed by atoms with Gasteiger partial charge in [0.25, 0.3) is 0 Å². The number of hydrogen-bond acceptors (Lipinski definition) is 4. The lowest BCUT2D eigenvalue weighted by Gasteiger charge is -2.18. The van der Waals surface area contributed by atoms with E-state index in [9.17, 15) is 22.7 Å².